The third-order valence-corrected chi connectivity index (χ3v) is 7.30. The molecule has 0 atom stereocenters. The fourth-order valence-electron chi connectivity index (χ4n) is 4.35. The van der Waals surface area contributed by atoms with Gasteiger partial charge in [-0.2, -0.15) is 13.5 Å². The third kappa shape index (κ3) is 5.15. The van der Waals surface area contributed by atoms with E-state index in [1.54, 1.807) is 23.1 Å². The van der Waals surface area contributed by atoms with Crippen LogP contribution in [0, 0.1) is 0 Å². The van der Waals surface area contributed by atoms with Crippen molar-refractivity contribution in [3.05, 3.63) is 53.9 Å². The Morgan fingerprint density at radius 2 is 2.00 bits per heavy atom. The molecule has 10 nitrogen and oxygen atoms in total. The Balaban J connectivity index is 1.61. The maximum atomic E-state index is 12.9. The highest BCUT2D eigenvalue weighted by atomic mass is 32.2. The van der Waals surface area contributed by atoms with Crippen molar-refractivity contribution < 1.29 is 17.9 Å². The summed E-state index contributed by atoms with van der Waals surface area (Å²) in [7, 11) is -0.834. The summed E-state index contributed by atoms with van der Waals surface area (Å²) in [5.74, 6) is 0.442. The van der Waals surface area contributed by atoms with Crippen molar-refractivity contribution in [1.82, 2.24) is 24.8 Å². The van der Waals surface area contributed by atoms with Crippen LogP contribution >= 0.6 is 0 Å². The molecule has 1 aromatic carbocycles. The number of nitrogens with zero attached hydrogens (tertiary/aromatic N) is 3. The molecule has 0 unspecified atom stereocenters. The molecule has 4 rings (SSSR count). The SMILES string of the molecule is CNCC(C)(C)n1ccc(S(=O)(=O)NC(=O)Nc2c(-c3ccnc(OC)c3)ccc3c2CCC3)n1. The van der Waals surface area contributed by atoms with E-state index in [9.17, 15) is 13.2 Å². The van der Waals surface area contributed by atoms with Gasteiger partial charge in [-0.05, 0) is 69.0 Å². The Morgan fingerprint density at radius 1 is 1.20 bits per heavy atom. The van der Waals surface area contributed by atoms with Crippen molar-refractivity contribution in [2.45, 2.75) is 43.7 Å². The van der Waals surface area contributed by atoms with Crippen molar-refractivity contribution in [1.29, 1.82) is 0 Å². The van der Waals surface area contributed by atoms with Crippen LogP contribution in [-0.4, -0.2) is 49.9 Å². The van der Waals surface area contributed by atoms with Gasteiger partial charge in [-0.25, -0.2) is 14.5 Å². The van der Waals surface area contributed by atoms with Gasteiger partial charge in [0.2, 0.25) is 5.88 Å². The van der Waals surface area contributed by atoms with Gasteiger partial charge in [0.15, 0.2) is 5.03 Å². The molecule has 0 radical (unpaired) electrons. The average Bonchev–Trinajstić information content (AvgIpc) is 3.50. The van der Waals surface area contributed by atoms with Crippen LogP contribution in [0.5, 0.6) is 5.88 Å². The molecule has 186 valence electrons. The molecule has 0 spiro atoms. The molecule has 11 heteroatoms. The van der Waals surface area contributed by atoms with Gasteiger partial charge in [0.05, 0.1) is 18.3 Å². The van der Waals surface area contributed by atoms with Crippen LogP contribution in [0.2, 0.25) is 0 Å². The van der Waals surface area contributed by atoms with Gasteiger partial charge < -0.3 is 15.4 Å². The second-order valence-corrected chi connectivity index (χ2v) is 10.7. The summed E-state index contributed by atoms with van der Waals surface area (Å²) in [5.41, 5.74) is 3.84. The monoisotopic (exact) mass is 498 g/mol. The number of nitrogens with one attached hydrogen (secondary N) is 3. The zero-order valence-corrected chi connectivity index (χ0v) is 21.1. The molecule has 35 heavy (non-hydrogen) atoms. The molecule has 0 saturated heterocycles. The molecule has 1 aliphatic rings. The lowest BCUT2D eigenvalue weighted by molar-refractivity contribution is 0.256. The smallest absolute Gasteiger partial charge is 0.333 e. The Kier molecular flexibility index (Phi) is 6.82. The van der Waals surface area contributed by atoms with Crippen molar-refractivity contribution in [2.75, 3.05) is 26.0 Å². The first-order valence-corrected chi connectivity index (χ1v) is 12.8. The van der Waals surface area contributed by atoms with Gasteiger partial charge >= 0.3 is 6.03 Å². The van der Waals surface area contributed by atoms with Crippen molar-refractivity contribution in [3.63, 3.8) is 0 Å². The summed E-state index contributed by atoms with van der Waals surface area (Å²) in [6.45, 7) is 4.45. The van der Waals surface area contributed by atoms with Crippen LogP contribution < -0.4 is 20.1 Å². The van der Waals surface area contributed by atoms with Gasteiger partial charge in [-0.1, -0.05) is 12.1 Å². The number of aromatic nitrogens is 3. The van der Waals surface area contributed by atoms with E-state index in [0.717, 1.165) is 41.5 Å². The standard InChI is InChI=1S/C24H30N6O4S/c1-24(2,15-25-3)30-13-11-21(28-30)35(32,33)29-23(31)27-22-18-7-5-6-16(18)8-9-19(22)17-10-12-26-20(14-17)34-4/h8-14,25H,5-7,15H2,1-4H3,(H2,27,29,31). The Hall–Kier alpha value is -3.44. The van der Waals surface area contributed by atoms with E-state index in [1.807, 2.05) is 39.1 Å². The summed E-state index contributed by atoms with van der Waals surface area (Å²) in [6.07, 6.45) is 5.87. The predicted octanol–water partition coefficient (Wildman–Crippen LogP) is 2.91. The molecule has 2 amide bonds. The highest BCUT2D eigenvalue weighted by molar-refractivity contribution is 7.90. The molecule has 0 bridgehead atoms. The number of sulfonamides is 1. The predicted molar refractivity (Wildman–Crippen MR) is 133 cm³/mol. The molecule has 2 aromatic heterocycles. The van der Waals surface area contributed by atoms with Crippen LogP contribution in [0.1, 0.15) is 31.4 Å². The summed E-state index contributed by atoms with van der Waals surface area (Å²) < 4.78 is 34.7. The number of carbonyl (C=O) groups is 1. The summed E-state index contributed by atoms with van der Waals surface area (Å²) in [4.78, 5) is 17.1. The molecule has 0 saturated carbocycles. The van der Waals surface area contributed by atoms with Gasteiger partial charge in [-0.15, -0.1) is 0 Å². The van der Waals surface area contributed by atoms with Crippen molar-refractivity contribution >= 4 is 21.7 Å². The van der Waals surface area contributed by atoms with Gasteiger partial charge in [0.25, 0.3) is 10.0 Å². The first-order chi connectivity index (χ1) is 16.6. The number of hydrogen-bond donors (Lipinski definition) is 3. The van der Waals surface area contributed by atoms with E-state index in [2.05, 4.69) is 25.4 Å². The van der Waals surface area contributed by atoms with Gasteiger partial charge in [0.1, 0.15) is 0 Å². The van der Waals surface area contributed by atoms with Crippen molar-refractivity contribution in [3.8, 4) is 17.0 Å². The lowest BCUT2D eigenvalue weighted by Gasteiger charge is -2.24. The maximum Gasteiger partial charge on any atom is 0.333 e. The molecule has 3 N–H and O–H groups in total. The minimum atomic E-state index is -4.18. The summed E-state index contributed by atoms with van der Waals surface area (Å²) >= 11 is 0. The van der Waals surface area contributed by atoms with E-state index in [1.165, 1.54) is 13.2 Å². The van der Waals surface area contributed by atoms with Crippen molar-refractivity contribution in [2.24, 2.45) is 0 Å². The topological polar surface area (TPSA) is 127 Å². The molecule has 1 aliphatic carbocycles. The van der Waals surface area contributed by atoms with Gasteiger partial charge in [0, 0.05) is 30.6 Å². The summed E-state index contributed by atoms with van der Waals surface area (Å²) in [6, 6.07) is 8.09. The van der Waals surface area contributed by atoms with Gasteiger partial charge in [-0.3, -0.25) is 4.68 Å². The third-order valence-electron chi connectivity index (χ3n) is 6.07. The molecule has 0 fully saturated rings. The number of aryl methyl sites for hydroxylation is 1. The van der Waals surface area contributed by atoms with Crippen LogP contribution in [0.15, 0.2) is 47.8 Å². The van der Waals surface area contributed by atoms with Crippen LogP contribution in [0.25, 0.3) is 11.1 Å². The number of anilines is 1. The van der Waals surface area contributed by atoms with Crippen LogP contribution in [0.4, 0.5) is 10.5 Å². The number of methoxy groups -OCH3 is 1. The fraction of sp³-hybridized carbons (Fsp3) is 0.375. The second kappa shape index (κ2) is 9.67. The van der Waals surface area contributed by atoms with E-state index in [4.69, 9.17) is 4.74 Å². The highest BCUT2D eigenvalue weighted by Gasteiger charge is 2.27. The molecule has 0 aliphatic heterocycles. The zero-order chi connectivity index (χ0) is 25.2. The minimum absolute atomic E-state index is 0.228. The van der Waals surface area contributed by atoms with Crippen LogP contribution in [0.3, 0.4) is 0 Å². The maximum absolute atomic E-state index is 12.9. The number of hydrogen-bond acceptors (Lipinski definition) is 7. The number of pyridine rings is 1. The normalized spacial score (nSPS) is 13.4. The first kappa shape index (κ1) is 24.7. The van der Waals surface area contributed by atoms with E-state index in [0.29, 0.717) is 18.1 Å². The molecule has 2 heterocycles. The number of amides is 2. The van der Waals surface area contributed by atoms with E-state index in [-0.39, 0.29) is 5.03 Å². The summed E-state index contributed by atoms with van der Waals surface area (Å²) in [5, 5.41) is 9.83. The number of rotatable bonds is 8. The Labute approximate surface area is 205 Å². The first-order valence-electron chi connectivity index (χ1n) is 11.3. The number of likely N-dealkylation sites (N-methyl/N-ethyl adjacent to an activating group) is 1. The van der Waals surface area contributed by atoms with E-state index >= 15 is 0 Å². The zero-order valence-electron chi connectivity index (χ0n) is 20.3. The Morgan fingerprint density at radius 3 is 2.74 bits per heavy atom. The van der Waals surface area contributed by atoms with E-state index < -0.39 is 21.6 Å². The number of benzene rings is 1. The number of carbonyl (C=O) groups excluding carboxylic acids is 1. The largest absolute Gasteiger partial charge is 0.481 e. The highest BCUT2D eigenvalue weighted by Crippen LogP contribution is 2.38. The molecule has 3 aromatic rings. The van der Waals surface area contributed by atoms with Crippen LogP contribution in [-0.2, 0) is 28.4 Å². The lowest BCUT2D eigenvalue weighted by atomic mass is 9.98. The fourth-order valence-corrected chi connectivity index (χ4v) is 5.19. The molecular formula is C24H30N6O4S. The average molecular weight is 499 g/mol. The second-order valence-electron chi connectivity index (χ2n) is 9.07. The lowest BCUT2D eigenvalue weighted by Crippen LogP contribution is -2.38. The minimum Gasteiger partial charge on any atom is -0.481 e. The molecular weight excluding hydrogens is 468 g/mol. The number of urea groups is 1. The Bertz CT molecular complexity index is 1350. The number of ether oxygens (including phenoxy) is 1. The number of fused-ring (bicyclic) bond motifs is 1. The quantitative estimate of drug-likeness (QED) is 0.436.